The lowest BCUT2D eigenvalue weighted by atomic mass is 10.1. The lowest BCUT2D eigenvalue weighted by molar-refractivity contribution is 0.355. The lowest BCUT2D eigenvalue weighted by Crippen LogP contribution is -2.04. The second-order valence-corrected chi connectivity index (χ2v) is 6.17. The third kappa shape index (κ3) is 2.61. The number of nitrogens with one attached hydrogen (secondary N) is 1. The van der Waals surface area contributed by atoms with E-state index in [0.717, 1.165) is 41.5 Å². The zero-order valence-corrected chi connectivity index (χ0v) is 14.7. The van der Waals surface area contributed by atoms with Crippen molar-refractivity contribution in [2.75, 3.05) is 26.1 Å². The first-order valence-electron chi connectivity index (χ1n) is 8.36. The van der Waals surface area contributed by atoms with Gasteiger partial charge in [0, 0.05) is 17.7 Å². The molecule has 0 bridgehead atoms. The number of anilines is 1. The molecule has 1 N–H and O–H groups in total. The number of fused-ring (bicyclic) bond motifs is 1. The van der Waals surface area contributed by atoms with Crippen molar-refractivity contribution in [1.82, 2.24) is 9.78 Å². The van der Waals surface area contributed by atoms with E-state index in [1.54, 1.807) is 14.2 Å². The molecule has 4 rings (SSSR count). The van der Waals surface area contributed by atoms with Gasteiger partial charge in [0.2, 0.25) is 0 Å². The Labute approximate surface area is 147 Å². The van der Waals surface area contributed by atoms with E-state index in [-0.39, 0.29) is 0 Å². The van der Waals surface area contributed by atoms with Crippen LogP contribution in [0.15, 0.2) is 42.5 Å². The molecule has 5 nitrogen and oxygen atoms in total. The predicted molar refractivity (Wildman–Crippen MR) is 99.0 cm³/mol. The molecule has 1 aromatic heterocycles. The number of methoxy groups -OCH3 is 2. The molecule has 0 atom stereocenters. The first-order chi connectivity index (χ1) is 12.2. The van der Waals surface area contributed by atoms with Gasteiger partial charge in [0.05, 0.1) is 25.6 Å². The summed E-state index contributed by atoms with van der Waals surface area (Å²) in [6, 6.07) is 14.3. The van der Waals surface area contributed by atoms with Crippen LogP contribution in [0.25, 0.3) is 16.9 Å². The van der Waals surface area contributed by atoms with E-state index in [1.165, 1.54) is 11.1 Å². The largest absolute Gasteiger partial charge is 0.493 e. The van der Waals surface area contributed by atoms with Crippen LogP contribution in [-0.2, 0) is 6.42 Å². The van der Waals surface area contributed by atoms with E-state index < -0.39 is 0 Å². The van der Waals surface area contributed by atoms with Crippen molar-refractivity contribution in [1.29, 1.82) is 0 Å². The highest BCUT2D eigenvalue weighted by molar-refractivity contribution is 5.74. The van der Waals surface area contributed by atoms with Crippen LogP contribution in [0.5, 0.6) is 11.5 Å². The average molecular weight is 335 g/mol. The molecule has 128 valence electrons. The molecule has 0 saturated heterocycles. The summed E-state index contributed by atoms with van der Waals surface area (Å²) < 4.78 is 12.8. The fraction of sp³-hybridized carbons (Fsp3) is 0.250. The van der Waals surface area contributed by atoms with Gasteiger partial charge in [0.15, 0.2) is 11.5 Å². The molecule has 0 unspecified atom stereocenters. The van der Waals surface area contributed by atoms with E-state index >= 15 is 0 Å². The summed E-state index contributed by atoms with van der Waals surface area (Å²) in [6.45, 7) is 3.02. The number of hydrogen-bond donors (Lipinski definition) is 1. The molecule has 0 spiro atoms. The second kappa shape index (κ2) is 6.16. The summed E-state index contributed by atoms with van der Waals surface area (Å²) in [6.07, 6.45) is 0.963. The van der Waals surface area contributed by atoms with Crippen molar-refractivity contribution in [2.45, 2.75) is 13.3 Å². The van der Waals surface area contributed by atoms with Gasteiger partial charge in [0.25, 0.3) is 0 Å². The van der Waals surface area contributed by atoms with Gasteiger partial charge in [-0.25, -0.2) is 4.68 Å². The fourth-order valence-electron chi connectivity index (χ4n) is 3.34. The van der Waals surface area contributed by atoms with Crippen LogP contribution < -0.4 is 14.8 Å². The van der Waals surface area contributed by atoms with Crippen LogP contribution in [-0.4, -0.2) is 30.5 Å². The Kier molecular flexibility index (Phi) is 3.84. The zero-order chi connectivity index (χ0) is 17.4. The van der Waals surface area contributed by atoms with Gasteiger partial charge in [-0.15, -0.1) is 0 Å². The highest BCUT2D eigenvalue weighted by Gasteiger charge is 2.24. The third-order valence-electron chi connectivity index (χ3n) is 4.55. The van der Waals surface area contributed by atoms with E-state index in [1.807, 2.05) is 22.9 Å². The van der Waals surface area contributed by atoms with Gasteiger partial charge < -0.3 is 14.8 Å². The highest BCUT2D eigenvalue weighted by Crippen LogP contribution is 2.38. The molecule has 0 saturated carbocycles. The van der Waals surface area contributed by atoms with E-state index in [4.69, 9.17) is 14.6 Å². The summed E-state index contributed by atoms with van der Waals surface area (Å²) in [5.41, 5.74) is 5.55. The predicted octanol–water partition coefficient (Wildman–Crippen LogP) is 3.83. The summed E-state index contributed by atoms with van der Waals surface area (Å²) in [5.74, 6) is 2.51. The van der Waals surface area contributed by atoms with Crippen LogP contribution in [0.2, 0.25) is 0 Å². The van der Waals surface area contributed by atoms with E-state index in [9.17, 15) is 0 Å². The maximum atomic E-state index is 5.45. The van der Waals surface area contributed by atoms with Crippen molar-refractivity contribution in [3.05, 3.63) is 53.6 Å². The number of nitrogens with zero attached hydrogens (tertiary/aromatic N) is 2. The van der Waals surface area contributed by atoms with Gasteiger partial charge >= 0.3 is 0 Å². The Morgan fingerprint density at radius 3 is 2.64 bits per heavy atom. The molecule has 5 heteroatoms. The third-order valence-corrected chi connectivity index (χ3v) is 4.55. The van der Waals surface area contributed by atoms with Crippen molar-refractivity contribution < 1.29 is 9.47 Å². The van der Waals surface area contributed by atoms with Crippen LogP contribution in [0, 0.1) is 6.92 Å². The van der Waals surface area contributed by atoms with Gasteiger partial charge in [-0.2, -0.15) is 5.10 Å². The number of aromatic nitrogens is 2. The van der Waals surface area contributed by atoms with Crippen LogP contribution >= 0.6 is 0 Å². The molecular formula is C20H21N3O2. The Morgan fingerprint density at radius 2 is 1.88 bits per heavy atom. The van der Waals surface area contributed by atoms with E-state index in [2.05, 4.69) is 36.5 Å². The minimum atomic E-state index is 0.713. The summed E-state index contributed by atoms with van der Waals surface area (Å²) in [7, 11) is 3.30. The molecule has 0 amide bonds. The number of aryl methyl sites for hydroxylation is 1. The van der Waals surface area contributed by atoms with Gasteiger partial charge in [0.1, 0.15) is 5.82 Å². The zero-order valence-electron chi connectivity index (χ0n) is 14.7. The SMILES string of the molecule is COc1ccc(-c2nn(-c3cccc(C)c3)c3c2CCN3)cc1OC. The van der Waals surface area contributed by atoms with E-state index in [0.29, 0.717) is 5.75 Å². The number of hydrogen-bond acceptors (Lipinski definition) is 4. The standard InChI is InChI=1S/C20H21N3O2/c1-13-5-4-6-15(11-13)23-20-16(9-10-21-20)19(22-23)14-7-8-17(24-2)18(12-14)25-3/h4-8,11-12,21H,9-10H2,1-3H3. The molecule has 0 aliphatic carbocycles. The Balaban J connectivity index is 1.86. The number of ether oxygens (including phenoxy) is 2. The molecule has 1 aliphatic rings. The van der Waals surface area contributed by atoms with Crippen LogP contribution in [0.1, 0.15) is 11.1 Å². The quantitative estimate of drug-likeness (QED) is 0.787. The summed E-state index contributed by atoms with van der Waals surface area (Å²) in [4.78, 5) is 0. The topological polar surface area (TPSA) is 48.3 Å². The maximum Gasteiger partial charge on any atom is 0.161 e. The lowest BCUT2D eigenvalue weighted by Gasteiger charge is -2.09. The second-order valence-electron chi connectivity index (χ2n) is 6.17. The first kappa shape index (κ1) is 15.6. The van der Waals surface area contributed by atoms with Gasteiger partial charge in [-0.05, 0) is 49.2 Å². The Morgan fingerprint density at radius 1 is 1.04 bits per heavy atom. The molecule has 0 fully saturated rings. The smallest absolute Gasteiger partial charge is 0.161 e. The molecule has 3 aromatic rings. The van der Waals surface area contributed by atoms with Crippen molar-refractivity contribution in [3.8, 4) is 28.4 Å². The molecule has 2 aromatic carbocycles. The minimum Gasteiger partial charge on any atom is -0.493 e. The molecular weight excluding hydrogens is 314 g/mol. The molecule has 1 aliphatic heterocycles. The minimum absolute atomic E-state index is 0.713. The Hall–Kier alpha value is -2.95. The summed E-state index contributed by atoms with van der Waals surface area (Å²) >= 11 is 0. The molecule has 25 heavy (non-hydrogen) atoms. The summed E-state index contributed by atoms with van der Waals surface area (Å²) in [5, 5.41) is 8.37. The Bertz CT molecular complexity index is 931. The van der Waals surface area contributed by atoms with Crippen LogP contribution in [0.3, 0.4) is 0 Å². The monoisotopic (exact) mass is 335 g/mol. The maximum absolute atomic E-state index is 5.45. The molecule has 0 radical (unpaired) electrons. The van der Waals surface area contributed by atoms with Crippen molar-refractivity contribution in [2.24, 2.45) is 0 Å². The van der Waals surface area contributed by atoms with Gasteiger partial charge in [-0.3, -0.25) is 0 Å². The van der Waals surface area contributed by atoms with Crippen molar-refractivity contribution >= 4 is 5.82 Å². The number of rotatable bonds is 4. The fourth-order valence-corrected chi connectivity index (χ4v) is 3.34. The van der Waals surface area contributed by atoms with Gasteiger partial charge in [-0.1, -0.05) is 12.1 Å². The number of benzene rings is 2. The van der Waals surface area contributed by atoms with Crippen LogP contribution in [0.4, 0.5) is 5.82 Å². The normalized spacial score (nSPS) is 12.6. The van der Waals surface area contributed by atoms with Crippen molar-refractivity contribution in [3.63, 3.8) is 0 Å². The highest BCUT2D eigenvalue weighted by atomic mass is 16.5. The first-order valence-corrected chi connectivity index (χ1v) is 8.36. The average Bonchev–Trinajstić information content (AvgIpc) is 3.23. The molecule has 2 heterocycles.